The Labute approximate surface area is 158 Å². The molecule has 0 aliphatic carbocycles. The fraction of sp³-hybridized carbons (Fsp3) is 0.0556. The number of hydrogen-bond donors (Lipinski definition) is 1. The highest BCUT2D eigenvalue weighted by Gasteiger charge is 2.36. The van der Waals surface area contributed by atoms with Gasteiger partial charge in [-0.1, -0.05) is 29.3 Å². The lowest BCUT2D eigenvalue weighted by atomic mass is 10.1. The van der Waals surface area contributed by atoms with Crippen LogP contribution in [0.4, 0.5) is 10.5 Å². The molecule has 0 atom stereocenters. The molecule has 132 valence electrons. The largest absolute Gasteiger partial charge is 0.497 e. The number of imide groups is 2. The van der Waals surface area contributed by atoms with Gasteiger partial charge in [0.1, 0.15) is 11.3 Å². The SMILES string of the molecule is COc1ccc(N2C(=O)NC(=O)C(=Cc3ccc(Cl)cc3Cl)C2=O)cc1. The third-order valence-corrected chi connectivity index (χ3v) is 4.26. The van der Waals surface area contributed by atoms with E-state index in [9.17, 15) is 14.4 Å². The van der Waals surface area contributed by atoms with Crippen LogP contribution in [-0.4, -0.2) is 25.0 Å². The van der Waals surface area contributed by atoms with E-state index in [1.807, 2.05) is 0 Å². The van der Waals surface area contributed by atoms with E-state index in [1.165, 1.54) is 19.3 Å². The van der Waals surface area contributed by atoms with Crippen molar-refractivity contribution in [3.05, 3.63) is 63.6 Å². The van der Waals surface area contributed by atoms with E-state index >= 15 is 0 Å². The molecule has 1 aliphatic heterocycles. The molecule has 0 spiro atoms. The van der Waals surface area contributed by atoms with Crippen molar-refractivity contribution in [3.8, 4) is 5.75 Å². The first kappa shape index (κ1) is 18.0. The van der Waals surface area contributed by atoms with Gasteiger partial charge in [-0.2, -0.15) is 0 Å². The second-order valence-corrected chi connectivity index (χ2v) is 6.17. The minimum Gasteiger partial charge on any atom is -0.497 e. The number of ether oxygens (including phenoxy) is 1. The van der Waals surface area contributed by atoms with Gasteiger partial charge in [-0.25, -0.2) is 9.69 Å². The van der Waals surface area contributed by atoms with Gasteiger partial charge in [0.25, 0.3) is 11.8 Å². The van der Waals surface area contributed by atoms with E-state index in [0.717, 1.165) is 4.90 Å². The van der Waals surface area contributed by atoms with Crippen LogP contribution in [0.3, 0.4) is 0 Å². The van der Waals surface area contributed by atoms with Gasteiger partial charge in [0.15, 0.2) is 0 Å². The van der Waals surface area contributed by atoms with Crippen molar-refractivity contribution >= 4 is 52.8 Å². The lowest BCUT2D eigenvalue weighted by molar-refractivity contribution is -0.122. The van der Waals surface area contributed by atoms with Crippen molar-refractivity contribution in [1.29, 1.82) is 0 Å². The molecule has 26 heavy (non-hydrogen) atoms. The number of amides is 4. The predicted octanol–water partition coefficient (Wildman–Crippen LogP) is 3.67. The standard InChI is InChI=1S/C18H12Cl2N2O4/c1-26-13-6-4-12(5-7-13)22-17(24)14(16(23)21-18(22)25)8-10-2-3-11(19)9-15(10)20/h2-9H,1H3,(H,21,23,25). The molecule has 4 amide bonds. The van der Waals surface area contributed by atoms with Crippen molar-refractivity contribution in [3.63, 3.8) is 0 Å². The molecule has 1 saturated heterocycles. The fourth-order valence-corrected chi connectivity index (χ4v) is 2.86. The molecule has 3 rings (SSSR count). The van der Waals surface area contributed by atoms with Gasteiger partial charge in [0.05, 0.1) is 12.8 Å². The summed E-state index contributed by atoms with van der Waals surface area (Å²) in [6.45, 7) is 0. The number of urea groups is 1. The van der Waals surface area contributed by atoms with Gasteiger partial charge in [-0.05, 0) is 48.0 Å². The Bertz CT molecular complexity index is 939. The van der Waals surface area contributed by atoms with Crippen LogP contribution in [0, 0.1) is 0 Å². The monoisotopic (exact) mass is 390 g/mol. The zero-order chi connectivity index (χ0) is 18.8. The van der Waals surface area contributed by atoms with Crippen LogP contribution in [0.5, 0.6) is 5.75 Å². The highest BCUT2D eigenvalue weighted by molar-refractivity contribution is 6.40. The number of benzene rings is 2. The molecule has 1 aliphatic rings. The number of methoxy groups -OCH3 is 1. The van der Waals surface area contributed by atoms with Crippen molar-refractivity contribution in [2.75, 3.05) is 12.0 Å². The molecule has 2 aromatic carbocycles. The van der Waals surface area contributed by atoms with Crippen molar-refractivity contribution < 1.29 is 19.1 Å². The zero-order valence-corrected chi connectivity index (χ0v) is 15.0. The molecule has 1 fully saturated rings. The fourth-order valence-electron chi connectivity index (χ4n) is 2.40. The van der Waals surface area contributed by atoms with Crippen LogP contribution in [0.1, 0.15) is 5.56 Å². The summed E-state index contributed by atoms with van der Waals surface area (Å²) in [5.74, 6) is -0.982. The second kappa shape index (κ2) is 7.19. The molecule has 0 radical (unpaired) electrons. The lowest BCUT2D eigenvalue weighted by Crippen LogP contribution is -2.54. The summed E-state index contributed by atoms with van der Waals surface area (Å²) in [4.78, 5) is 37.9. The normalized spacial score (nSPS) is 16.0. The first-order chi connectivity index (χ1) is 12.4. The number of nitrogens with one attached hydrogen (secondary N) is 1. The minimum atomic E-state index is -0.829. The van der Waals surface area contributed by atoms with Gasteiger partial charge >= 0.3 is 6.03 Å². The molecule has 8 heteroatoms. The highest BCUT2D eigenvalue weighted by Crippen LogP contribution is 2.27. The summed E-state index contributed by atoms with van der Waals surface area (Å²) in [5, 5.41) is 2.85. The number of hydrogen-bond acceptors (Lipinski definition) is 4. The first-order valence-electron chi connectivity index (χ1n) is 7.41. The summed E-state index contributed by atoms with van der Waals surface area (Å²) >= 11 is 11.9. The Morgan fingerprint density at radius 3 is 2.35 bits per heavy atom. The highest BCUT2D eigenvalue weighted by atomic mass is 35.5. The second-order valence-electron chi connectivity index (χ2n) is 5.32. The van der Waals surface area contributed by atoms with Gasteiger partial charge < -0.3 is 4.74 Å². The van der Waals surface area contributed by atoms with E-state index in [0.29, 0.717) is 22.0 Å². The van der Waals surface area contributed by atoms with Crippen molar-refractivity contribution in [1.82, 2.24) is 5.32 Å². The molecule has 2 aromatic rings. The van der Waals surface area contributed by atoms with Crippen LogP contribution < -0.4 is 15.0 Å². The molecular formula is C18H12Cl2N2O4. The van der Waals surface area contributed by atoms with Crippen LogP contribution in [0.15, 0.2) is 48.0 Å². The number of nitrogens with zero attached hydrogens (tertiary/aromatic N) is 1. The van der Waals surface area contributed by atoms with Crippen LogP contribution >= 0.6 is 23.2 Å². The third kappa shape index (κ3) is 3.42. The Kier molecular flexibility index (Phi) is 4.97. The quantitative estimate of drug-likeness (QED) is 0.640. The molecule has 6 nitrogen and oxygen atoms in total. The van der Waals surface area contributed by atoms with Crippen LogP contribution in [-0.2, 0) is 9.59 Å². The summed E-state index contributed by atoms with van der Waals surface area (Å²) in [6, 6.07) is 10.1. The molecule has 0 unspecified atom stereocenters. The van der Waals surface area contributed by atoms with E-state index in [1.54, 1.807) is 36.4 Å². The lowest BCUT2D eigenvalue weighted by Gasteiger charge is -2.26. The maximum absolute atomic E-state index is 12.8. The van der Waals surface area contributed by atoms with E-state index in [4.69, 9.17) is 27.9 Å². The first-order valence-corrected chi connectivity index (χ1v) is 8.17. The number of carbonyl (C=O) groups excluding carboxylic acids is 3. The summed E-state index contributed by atoms with van der Waals surface area (Å²) in [6.07, 6.45) is 1.32. The number of halogens is 2. The van der Waals surface area contributed by atoms with Gasteiger partial charge in [-0.15, -0.1) is 0 Å². The van der Waals surface area contributed by atoms with Gasteiger partial charge in [0.2, 0.25) is 0 Å². The average Bonchev–Trinajstić information content (AvgIpc) is 2.60. The minimum absolute atomic E-state index is 0.218. The Morgan fingerprint density at radius 1 is 1.04 bits per heavy atom. The average molecular weight is 391 g/mol. The Hall–Kier alpha value is -2.83. The summed E-state index contributed by atoms with van der Waals surface area (Å²) in [5.41, 5.74) is 0.511. The molecule has 1 heterocycles. The van der Waals surface area contributed by atoms with Crippen LogP contribution in [0.2, 0.25) is 10.0 Å². The van der Waals surface area contributed by atoms with E-state index < -0.39 is 17.8 Å². The number of rotatable bonds is 3. The molecular weight excluding hydrogens is 379 g/mol. The zero-order valence-electron chi connectivity index (χ0n) is 13.5. The topological polar surface area (TPSA) is 75.7 Å². The Morgan fingerprint density at radius 2 is 1.73 bits per heavy atom. The van der Waals surface area contributed by atoms with Crippen molar-refractivity contribution in [2.24, 2.45) is 0 Å². The molecule has 0 aromatic heterocycles. The smallest absolute Gasteiger partial charge is 0.335 e. The maximum atomic E-state index is 12.8. The maximum Gasteiger partial charge on any atom is 0.335 e. The number of barbiturate groups is 1. The number of anilines is 1. The number of carbonyl (C=O) groups is 3. The third-order valence-electron chi connectivity index (χ3n) is 3.69. The Balaban J connectivity index is 2.00. The predicted molar refractivity (Wildman–Crippen MR) is 98.5 cm³/mol. The molecule has 0 saturated carbocycles. The molecule has 1 N–H and O–H groups in total. The molecule has 0 bridgehead atoms. The van der Waals surface area contributed by atoms with Crippen LogP contribution in [0.25, 0.3) is 6.08 Å². The van der Waals surface area contributed by atoms with Gasteiger partial charge in [0, 0.05) is 10.0 Å². The van der Waals surface area contributed by atoms with Crippen molar-refractivity contribution in [2.45, 2.75) is 0 Å². The van der Waals surface area contributed by atoms with E-state index in [2.05, 4.69) is 5.32 Å². The summed E-state index contributed by atoms with van der Waals surface area (Å²) < 4.78 is 5.06. The summed E-state index contributed by atoms with van der Waals surface area (Å²) in [7, 11) is 1.50. The van der Waals surface area contributed by atoms with E-state index in [-0.39, 0.29) is 10.6 Å². The van der Waals surface area contributed by atoms with Gasteiger partial charge in [-0.3, -0.25) is 14.9 Å².